The monoisotopic (exact) mass is 419 g/mol. The van der Waals surface area contributed by atoms with Gasteiger partial charge in [0.15, 0.2) is 11.4 Å². The highest BCUT2D eigenvalue weighted by molar-refractivity contribution is 5.99. The van der Waals surface area contributed by atoms with Gasteiger partial charge in [-0.2, -0.15) is 0 Å². The minimum absolute atomic E-state index is 0.0165. The number of nitrogens with one attached hydrogen (secondary N) is 1. The number of carbonyl (C=O) groups excluding carboxylic acids is 2. The number of nitrogens with zero attached hydrogens (tertiary/aromatic N) is 2. The molecule has 2 atom stereocenters. The van der Waals surface area contributed by atoms with Gasteiger partial charge in [0.25, 0.3) is 11.8 Å². The van der Waals surface area contributed by atoms with Gasteiger partial charge in [-0.15, -0.1) is 0 Å². The summed E-state index contributed by atoms with van der Waals surface area (Å²) in [7, 11) is 1.53. The Balaban J connectivity index is 1.70. The second-order valence-corrected chi connectivity index (χ2v) is 7.71. The quantitative estimate of drug-likeness (QED) is 0.671. The van der Waals surface area contributed by atoms with Crippen molar-refractivity contribution in [1.82, 2.24) is 14.8 Å². The zero-order valence-electron chi connectivity index (χ0n) is 16.0. The SMILES string of the molecule is CN1CC2(CC2CO)n2cc(C(=O)NCc3ccc(F)cc3F)c(=O)c(O)c2C1=O. The van der Waals surface area contributed by atoms with Crippen LogP contribution in [0.5, 0.6) is 5.75 Å². The molecule has 1 aromatic heterocycles. The number of aliphatic hydroxyl groups is 1. The van der Waals surface area contributed by atoms with Crippen molar-refractivity contribution in [1.29, 1.82) is 0 Å². The Morgan fingerprint density at radius 2 is 2.07 bits per heavy atom. The molecule has 2 amide bonds. The summed E-state index contributed by atoms with van der Waals surface area (Å²) in [4.78, 5) is 39.1. The van der Waals surface area contributed by atoms with Crippen molar-refractivity contribution in [3.8, 4) is 5.75 Å². The normalized spacial score (nSPS) is 22.2. The Bertz CT molecular complexity index is 1130. The van der Waals surface area contributed by atoms with Gasteiger partial charge in [-0.25, -0.2) is 8.78 Å². The van der Waals surface area contributed by atoms with Crippen LogP contribution < -0.4 is 10.7 Å². The number of carbonyl (C=O) groups is 2. The average Bonchev–Trinajstić information content (AvgIpc) is 3.40. The second kappa shape index (κ2) is 6.91. The molecule has 1 fully saturated rings. The van der Waals surface area contributed by atoms with Crippen molar-refractivity contribution >= 4 is 11.8 Å². The van der Waals surface area contributed by atoms with Gasteiger partial charge < -0.3 is 25.0 Å². The van der Waals surface area contributed by atoms with Crippen molar-refractivity contribution in [2.24, 2.45) is 5.92 Å². The molecule has 2 aromatic rings. The first kappa shape index (κ1) is 20.0. The summed E-state index contributed by atoms with van der Waals surface area (Å²) in [6, 6.07) is 2.88. The van der Waals surface area contributed by atoms with Crippen LogP contribution in [0.3, 0.4) is 0 Å². The summed E-state index contributed by atoms with van der Waals surface area (Å²) >= 11 is 0. The van der Waals surface area contributed by atoms with E-state index in [1.54, 1.807) is 0 Å². The number of likely N-dealkylation sites (N-methyl/N-ethyl adjacent to an activating group) is 1. The van der Waals surface area contributed by atoms with Gasteiger partial charge in [-0.1, -0.05) is 6.07 Å². The lowest BCUT2D eigenvalue weighted by Gasteiger charge is -2.35. The number of aliphatic hydroxyl groups excluding tert-OH is 1. The van der Waals surface area contributed by atoms with Crippen LogP contribution in [0, 0.1) is 17.6 Å². The Labute approximate surface area is 169 Å². The summed E-state index contributed by atoms with van der Waals surface area (Å²) in [6.07, 6.45) is 1.71. The molecule has 10 heteroatoms. The number of halogens is 2. The number of pyridine rings is 1. The molecule has 1 spiro atoms. The van der Waals surface area contributed by atoms with E-state index in [4.69, 9.17) is 0 Å². The Kier molecular flexibility index (Phi) is 4.61. The lowest BCUT2D eigenvalue weighted by molar-refractivity contribution is 0.0672. The van der Waals surface area contributed by atoms with Crippen LogP contribution in [0.25, 0.3) is 0 Å². The molecule has 1 aliphatic carbocycles. The van der Waals surface area contributed by atoms with E-state index in [0.717, 1.165) is 6.07 Å². The molecule has 30 heavy (non-hydrogen) atoms. The van der Waals surface area contributed by atoms with E-state index in [-0.39, 0.29) is 36.9 Å². The molecule has 0 saturated heterocycles. The van der Waals surface area contributed by atoms with E-state index in [2.05, 4.69) is 5.32 Å². The third kappa shape index (κ3) is 2.95. The van der Waals surface area contributed by atoms with Crippen LogP contribution in [0.1, 0.15) is 32.8 Å². The predicted octanol–water partition coefficient (Wildman–Crippen LogP) is 0.555. The maximum absolute atomic E-state index is 13.8. The molecule has 2 heterocycles. The van der Waals surface area contributed by atoms with E-state index in [1.807, 2.05) is 0 Å². The van der Waals surface area contributed by atoms with E-state index in [1.165, 1.54) is 28.8 Å². The highest BCUT2D eigenvalue weighted by Crippen LogP contribution is 2.53. The van der Waals surface area contributed by atoms with E-state index < -0.39 is 45.7 Å². The van der Waals surface area contributed by atoms with Gasteiger partial charge in [-0.05, 0) is 12.5 Å². The fraction of sp³-hybridized carbons (Fsp3) is 0.350. The molecule has 4 rings (SSSR count). The van der Waals surface area contributed by atoms with Crippen LogP contribution in [-0.2, 0) is 12.1 Å². The lowest BCUT2D eigenvalue weighted by Crippen LogP contribution is -2.48. The van der Waals surface area contributed by atoms with Gasteiger partial charge in [0.05, 0.1) is 5.54 Å². The summed E-state index contributed by atoms with van der Waals surface area (Å²) < 4.78 is 28.2. The van der Waals surface area contributed by atoms with Crippen LogP contribution in [0.4, 0.5) is 8.78 Å². The number of rotatable bonds is 4. The Morgan fingerprint density at radius 1 is 1.33 bits per heavy atom. The molecule has 3 N–H and O–H groups in total. The number of aromatic hydroxyl groups is 1. The smallest absolute Gasteiger partial charge is 0.274 e. The zero-order valence-corrected chi connectivity index (χ0v) is 16.0. The first-order chi connectivity index (χ1) is 14.2. The first-order valence-corrected chi connectivity index (χ1v) is 9.27. The van der Waals surface area contributed by atoms with Gasteiger partial charge in [0, 0.05) is 50.5 Å². The summed E-state index contributed by atoms with van der Waals surface area (Å²) in [6.45, 7) is -0.201. The highest BCUT2D eigenvalue weighted by atomic mass is 19.1. The van der Waals surface area contributed by atoms with Crippen molar-refractivity contribution in [2.45, 2.75) is 18.5 Å². The number of amides is 2. The van der Waals surface area contributed by atoms with E-state index in [9.17, 15) is 33.4 Å². The van der Waals surface area contributed by atoms with Crippen molar-refractivity contribution < 1.29 is 28.6 Å². The van der Waals surface area contributed by atoms with Crippen molar-refractivity contribution in [2.75, 3.05) is 20.2 Å². The molecule has 158 valence electrons. The molecule has 0 bridgehead atoms. The third-order valence-corrected chi connectivity index (χ3v) is 5.84. The van der Waals surface area contributed by atoms with Gasteiger partial charge in [0.2, 0.25) is 5.43 Å². The van der Waals surface area contributed by atoms with Crippen molar-refractivity contribution in [3.05, 3.63) is 63.1 Å². The van der Waals surface area contributed by atoms with Gasteiger partial charge >= 0.3 is 0 Å². The zero-order chi connectivity index (χ0) is 21.8. The molecular weight excluding hydrogens is 400 g/mol. The Hall–Kier alpha value is -3.27. The van der Waals surface area contributed by atoms with E-state index >= 15 is 0 Å². The fourth-order valence-corrected chi connectivity index (χ4v) is 4.08. The molecule has 0 radical (unpaired) electrons. The van der Waals surface area contributed by atoms with Crippen LogP contribution in [0.2, 0.25) is 0 Å². The molecule has 8 nitrogen and oxygen atoms in total. The molecule has 2 aliphatic rings. The highest BCUT2D eigenvalue weighted by Gasteiger charge is 2.59. The number of aromatic nitrogens is 1. The minimum atomic E-state index is -1.03. The van der Waals surface area contributed by atoms with Crippen molar-refractivity contribution in [3.63, 3.8) is 0 Å². The predicted molar refractivity (Wildman–Crippen MR) is 100 cm³/mol. The van der Waals surface area contributed by atoms with E-state index in [0.29, 0.717) is 12.5 Å². The van der Waals surface area contributed by atoms with Crippen LogP contribution in [0.15, 0.2) is 29.2 Å². The lowest BCUT2D eigenvalue weighted by atomic mass is 10.0. The topological polar surface area (TPSA) is 112 Å². The maximum Gasteiger partial charge on any atom is 0.274 e. The van der Waals surface area contributed by atoms with Crippen LogP contribution >= 0.6 is 0 Å². The van der Waals surface area contributed by atoms with Gasteiger partial charge in [-0.3, -0.25) is 14.4 Å². The maximum atomic E-state index is 13.8. The van der Waals surface area contributed by atoms with Crippen LogP contribution in [-0.4, -0.2) is 51.7 Å². The number of hydrogen-bond donors (Lipinski definition) is 3. The third-order valence-electron chi connectivity index (χ3n) is 5.84. The minimum Gasteiger partial charge on any atom is -0.503 e. The molecule has 1 aliphatic heterocycles. The standard InChI is InChI=1S/C20H19F2N3O5/c1-24-9-20(5-11(20)8-26)25-7-13(16(27)17(28)15(25)19(24)30)18(29)23-6-10-2-3-12(21)4-14(10)22/h2-4,7,11,26,28H,5-6,8-9H2,1H3,(H,23,29). The fourth-order valence-electron chi connectivity index (χ4n) is 4.08. The molecule has 1 saturated carbocycles. The van der Waals surface area contributed by atoms with Gasteiger partial charge in [0.1, 0.15) is 17.2 Å². The number of benzene rings is 1. The largest absolute Gasteiger partial charge is 0.503 e. The summed E-state index contributed by atoms with van der Waals surface area (Å²) in [5.74, 6) is -4.11. The number of hydrogen-bond acceptors (Lipinski definition) is 5. The summed E-state index contributed by atoms with van der Waals surface area (Å²) in [5.41, 5.74) is -2.37. The molecular formula is C20H19F2N3O5. The first-order valence-electron chi connectivity index (χ1n) is 9.27. The molecule has 1 aromatic carbocycles. The number of fused-ring (bicyclic) bond motifs is 2. The molecule has 2 unspecified atom stereocenters. The second-order valence-electron chi connectivity index (χ2n) is 7.71. The summed E-state index contributed by atoms with van der Waals surface area (Å²) in [5, 5.41) is 22.4. The Morgan fingerprint density at radius 3 is 2.70 bits per heavy atom. The average molecular weight is 419 g/mol.